The van der Waals surface area contributed by atoms with Gasteiger partial charge in [0, 0.05) is 32.7 Å². The number of para-hydroxylation sites is 2. The Balaban J connectivity index is 1.52. The Hall–Kier alpha value is -3.49. The Morgan fingerprint density at radius 1 is 0.690 bits per heavy atom. The summed E-state index contributed by atoms with van der Waals surface area (Å²) in [6.07, 6.45) is 4.23. The van der Waals surface area contributed by atoms with E-state index in [1.54, 1.807) is 0 Å². The van der Waals surface area contributed by atoms with E-state index in [1.165, 1.54) is 0 Å². The van der Waals surface area contributed by atoms with Gasteiger partial charge in [-0.25, -0.2) is 0 Å². The third-order valence-electron chi connectivity index (χ3n) is 5.49. The van der Waals surface area contributed by atoms with Crippen molar-refractivity contribution < 1.29 is 4.42 Å². The molecular formula is C26H16ClNO. The maximum Gasteiger partial charge on any atom is 0.143 e. The van der Waals surface area contributed by atoms with Gasteiger partial charge in [-0.2, -0.15) is 0 Å². The summed E-state index contributed by atoms with van der Waals surface area (Å²) in [5, 5.41) is 6.55. The molecule has 0 spiro atoms. The first-order valence-corrected chi connectivity index (χ1v) is 9.93. The van der Waals surface area contributed by atoms with Crippen molar-refractivity contribution in [1.82, 2.24) is 0 Å². The molecule has 6 rings (SSSR count). The number of hydrogen-bond acceptors (Lipinski definition) is 2. The molecule has 2 heterocycles. The molecule has 1 aromatic heterocycles. The molecule has 4 aromatic carbocycles. The summed E-state index contributed by atoms with van der Waals surface area (Å²) >= 11 is 6.16. The van der Waals surface area contributed by atoms with E-state index in [4.69, 9.17) is 16.0 Å². The number of benzene rings is 4. The highest BCUT2D eigenvalue weighted by atomic mass is 35.5. The van der Waals surface area contributed by atoms with Gasteiger partial charge in [0.05, 0.1) is 0 Å². The lowest BCUT2D eigenvalue weighted by atomic mass is 9.99. The summed E-state index contributed by atoms with van der Waals surface area (Å²) in [5.41, 5.74) is 8.40. The number of halogens is 1. The van der Waals surface area contributed by atoms with Crippen LogP contribution < -0.4 is 5.32 Å². The van der Waals surface area contributed by atoms with Crippen molar-refractivity contribution in [3.8, 4) is 11.1 Å². The molecule has 138 valence electrons. The molecule has 0 saturated heterocycles. The number of hydrogen-bond donors (Lipinski definition) is 1. The van der Waals surface area contributed by atoms with Crippen LogP contribution in [0, 0.1) is 0 Å². The second-order valence-electron chi connectivity index (χ2n) is 7.27. The van der Waals surface area contributed by atoms with Crippen LogP contribution in [0.1, 0.15) is 11.1 Å². The van der Waals surface area contributed by atoms with Crippen molar-refractivity contribution >= 4 is 57.1 Å². The predicted molar refractivity (Wildman–Crippen MR) is 123 cm³/mol. The Morgan fingerprint density at radius 2 is 1.45 bits per heavy atom. The van der Waals surface area contributed by atoms with Gasteiger partial charge < -0.3 is 9.73 Å². The molecule has 1 aliphatic heterocycles. The van der Waals surface area contributed by atoms with Crippen LogP contribution in [0.15, 0.2) is 83.3 Å². The quantitative estimate of drug-likeness (QED) is 0.305. The van der Waals surface area contributed by atoms with E-state index in [0.717, 1.165) is 60.6 Å². The first-order chi connectivity index (χ1) is 14.3. The highest BCUT2D eigenvalue weighted by Gasteiger charge is 2.14. The Bertz CT molecular complexity index is 1440. The highest BCUT2D eigenvalue weighted by molar-refractivity contribution is 6.30. The lowest BCUT2D eigenvalue weighted by molar-refractivity contribution is 0.670. The average molecular weight is 394 g/mol. The summed E-state index contributed by atoms with van der Waals surface area (Å²) in [5.74, 6) is 0. The second kappa shape index (κ2) is 6.26. The molecule has 1 N–H and O–H groups in total. The monoisotopic (exact) mass is 393 g/mol. The van der Waals surface area contributed by atoms with E-state index < -0.39 is 0 Å². The molecule has 5 aromatic rings. The lowest BCUT2D eigenvalue weighted by Gasteiger charge is -2.11. The van der Waals surface area contributed by atoms with Gasteiger partial charge in [0.15, 0.2) is 0 Å². The smallest absolute Gasteiger partial charge is 0.143 e. The van der Waals surface area contributed by atoms with E-state index in [-0.39, 0.29) is 0 Å². The molecule has 29 heavy (non-hydrogen) atoms. The van der Waals surface area contributed by atoms with Crippen LogP contribution in [-0.2, 0) is 0 Å². The van der Waals surface area contributed by atoms with Crippen LogP contribution in [0.3, 0.4) is 0 Å². The van der Waals surface area contributed by atoms with E-state index >= 15 is 0 Å². The fourth-order valence-corrected chi connectivity index (χ4v) is 4.25. The van der Waals surface area contributed by atoms with Crippen LogP contribution in [-0.4, -0.2) is 0 Å². The predicted octanol–water partition coefficient (Wildman–Crippen LogP) is 8.13. The van der Waals surface area contributed by atoms with Gasteiger partial charge in [0.2, 0.25) is 0 Å². The minimum absolute atomic E-state index is 0.735. The van der Waals surface area contributed by atoms with Crippen LogP contribution in [0.25, 0.3) is 45.2 Å². The fourth-order valence-electron chi connectivity index (χ4n) is 4.07. The first kappa shape index (κ1) is 16.5. The summed E-state index contributed by atoms with van der Waals surface area (Å²) in [6.45, 7) is 0. The highest BCUT2D eigenvalue weighted by Crippen LogP contribution is 2.38. The molecule has 0 amide bonds. The van der Waals surface area contributed by atoms with Crippen molar-refractivity contribution in [1.29, 1.82) is 0 Å². The Kier molecular flexibility index (Phi) is 3.56. The summed E-state index contributed by atoms with van der Waals surface area (Å²) in [4.78, 5) is 0. The van der Waals surface area contributed by atoms with Gasteiger partial charge >= 0.3 is 0 Å². The molecule has 0 atom stereocenters. The van der Waals surface area contributed by atoms with Crippen LogP contribution >= 0.6 is 11.6 Å². The molecule has 0 unspecified atom stereocenters. The minimum atomic E-state index is 0.735. The maximum absolute atomic E-state index is 6.22. The second-order valence-corrected chi connectivity index (χ2v) is 7.71. The topological polar surface area (TPSA) is 25.2 Å². The third kappa shape index (κ3) is 2.65. The largest absolute Gasteiger partial charge is 0.455 e. The van der Waals surface area contributed by atoms with Crippen molar-refractivity contribution in [3.63, 3.8) is 0 Å². The SMILES string of the molecule is Clc1ccc2c(c1)C=Cc1cc(-c3cccc4c3oc3ccccc34)ccc1N2. The van der Waals surface area contributed by atoms with Gasteiger partial charge in [-0.1, -0.05) is 66.2 Å². The van der Waals surface area contributed by atoms with Gasteiger partial charge in [0.25, 0.3) is 0 Å². The molecule has 3 heteroatoms. The fraction of sp³-hybridized carbons (Fsp3) is 0. The zero-order valence-electron chi connectivity index (χ0n) is 15.4. The zero-order valence-corrected chi connectivity index (χ0v) is 16.2. The normalized spacial score (nSPS) is 12.4. The van der Waals surface area contributed by atoms with Gasteiger partial charge in [-0.15, -0.1) is 0 Å². The van der Waals surface area contributed by atoms with Crippen molar-refractivity contribution in [2.75, 3.05) is 5.32 Å². The van der Waals surface area contributed by atoms with Crippen LogP contribution in [0.5, 0.6) is 0 Å². The van der Waals surface area contributed by atoms with Gasteiger partial charge in [0.1, 0.15) is 11.2 Å². The number of anilines is 2. The molecule has 0 aliphatic carbocycles. The van der Waals surface area contributed by atoms with E-state index in [9.17, 15) is 0 Å². The Morgan fingerprint density at radius 3 is 2.34 bits per heavy atom. The number of nitrogens with one attached hydrogen (secondary N) is 1. The van der Waals surface area contributed by atoms with Crippen molar-refractivity contribution in [3.05, 3.63) is 95.0 Å². The molecule has 2 nitrogen and oxygen atoms in total. The molecule has 0 fully saturated rings. The molecule has 1 aliphatic rings. The number of fused-ring (bicyclic) bond motifs is 5. The molecule has 0 bridgehead atoms. The van der Waals surface area contributed by atoms with Gasteiger partial charge in [-0.3, -0.25) is 0 Å². The summed E-state index contributed by atoms with van der Waals surface area (Å²) < 4.78 is 6.22. The maximum atomic E-state index is 6.22. The molecule has 0 radical (unpaired) electrons. The van der Waals surface area contributed by atoms with E-state index in [2.05, 4.69) is 59.9 Å². The first-order valence-electron chi connectivity index (χ1n) is 9.56. The summed E-state index contributed by atoms with van der Waals surface area (Å²) in [7, 11) is 0. The number of rotatable bonds is 1. The van der Waals surface area contributed by atoms with Crippen LogP contribution in [0.4, 0.5) is 11.4 Å². The van der Waals surface area contributed by atoms with E-state index in [0.29, 0.717) is 0 Å². The Labute approximate surface area is 173 Å². The number of furan rings is 1. The zero-order chi connectivity index (χ0) is 19.4. The van der Waals surface area contributed by atoms with Crippen LogP contribution in [0.2, 0.25) is 5.02 Å². The molecule has 0 saturated carbocycles. The van der Waals surface area contributed by atoms with Crippen molar-refractivity contribution in [2.45, 2.75) is 0 Å². The van der Waals surface area contributed by atoms with Crippen molar-refractivity contribution in [2.24, 2.45) is 0 Å². The standard InChI is InChI=1S/C26H16ClNO/c27-19-11-13-24-18(15-19)9-8-17-14-16(10-12-23(17)28-24)20-5-3-6-22-21-4-1-2-7-25(21)29-26(20)22/h1-15,28H. The van der Waals surface area contributed by atoms with E-state index in [1.807, 2.05) is 36.4 Å². The molecular weight excluding hydrogens is 378 g/mol. The average Bonchev–Trinajstić information content (AvgIpc) is 3.03. The lowest BCUT2D eigenvalue weighted by Crippen LogP contribution is -1.93. The van der Waals surface area contributed by atoms with Gasteiger partial charge in [-0.05, 0) is 53.1 Å². The summed E-state index contributed by atoms with van der Waals surface area (Å²) in [6, 6.07) is 26.9. The third-order valence-corrected chi connectivity index (χ3v) is 5.73. The minimum Gasteiger partial charge on any atom is -0.455 e.